The molecule has 0 aliphatic carbocycles. The third-order valence-electron chi connectivity index (χ3n) is 2.62. The standard InChI is InChI=1S/C15H12FNO2/c1-18-14-5-2-11(3-6-14)10-19-15-7-4-13(16)8-12(15)9-17/h2-8H,10H2,1H3. The lowest BCUT2D eigenvalue weighted by atomic mass is 10.2. The average Bonchev–Trinajstić information content (AvgIpc) is 2.46. The number of hydrogen-bond donors (Lipinski definition) is 0. The maximum absolute atomic E-state index is 13.0. The molecule has 0 saturated heterocycles. The number of benzene rings is 2. The van der Waals surface area contributed by atoms with Crippen LogP contribution in [-0.2, 0) is 6.61 Å². The lowest BCUT2D eigenvalue weighted by Crippen LogP contribution is -1.97. The van der Waals surface area contributed by atoms with Crippen LogP contribution < -0.4 is 9.47 Å². The lowest BCUT2D eigenvalue weighted by Gasteiger charge is -2.08. The Morgan fingerprint density at radius 2 is 1.89 bits per heavy atom. The molecule has 96 valence electrons. The molecule has 0 N–H and O–H groups in total. The van der Waals surface area contributed by atoms with E-state index >= 15 is 0 Å². The van der Waals surface area contributed by atoms with Crippen LogP contribution in [0.1, 0.15) is 11.1 Å². The molecular weight excluding hydrogens is 245 g/mol. The number of methoxy groups -OCH3 is 1. The second-order valence-electron chi connectivity index (χ2n) is 3.89. The molecule has 3 nitrogen and oxygen atoms in total. The summed E-state index contributed by atoms with van der Waals surface area (Å²) in [7, 11) is 1.60. The zero-order valence-electron chi connectivity index (χ0n) is 10.4. The molecule has 0 atom stereocenters. The fraction of sp³-hybridized carbons (Fsp3) is 0.133. The van der Waals surface area contributed by atoms with Gasteiger partial charge in [0.1, 0.15) is 30.0 Å². The van der Waals surface area contributed by atoms with Crippen LogP contribution in [0.15, 0.2) is 42.5 Å². The second-order valence-corrected chi connectivity index (χ2v) is 3.89. The molecule has 0 aromatic heterocycles. The van der Waals surface area contributed by atoms with Gasteiger partial charge in [-0.1, -0.05) is 12.1 Å². The van der Waals surface area contributed by atoms with Crippen LogP contribution in [0.25, 0.3) is 0 Å². The van der Waals surface area contributed by atoms with E-state index in [-0.39, 0.29) is 5.56 Å². The summed E-state index contributed by atoms with van der Waals surface area (Å²) >= 11 is 0. The van der Waals surface area contributed by atoms with Gasteiger partial charge >= 0.3 is 0 Å². The van der Waals surface area contributed by atoms with Crippen molar-refractivity contribution in [1.29, 1.82) is 5.26 Å². The van der Waals surface area contributed by atoms with Crippen molar-refractivity contribution < 1.29 is 13.9 Å². The van der Waals surface area contributed by atoms with Gasteiger partial charge in [-0.05, 0) is 35.9 Å². The van der Waals surface area contributed by atoms with Gasteiger partial charge in [-0.2, -0.15) is 5.26 Å². The van der Waals surface area contributed by atoms with Crippen molar-refractivity contribution in [3.63, 3.8) is 0 Å². The summed E-state index contributed by atoms with van der Waals surface area (Å²) < 4.78 is 23.5. The zero-order valence-corrected chi connectivity index (χ0v) is 10.4. The Labute approximate surface area is 110 Å². The summed E-state index contributed by atoms with van der Waals surface area (Å²) in [5.74, 6) is 0.691. The van der Waals surface area contributed by atoms with Crippen molar-refractivity contribution >= 4 is 0 Å². The number of halogens is 1. The van der Waals surface area contributed by atoms with Gasteiger partial charge in [0, 0.05) is 0 Å². The van der Waals surface area contributed by atoms with Crippen LogP contribution in [-0.4, -0.2) is 7.11 Å². The van der Waals surface area contributed by atoms with Gasteiger partial charge in [0.05, 0.1) is 12.7 Å². The van der Waals surface area contributed by atoms with E-state index in [1.54, 1.807) is 7.11 Å². The van der Waals surface area contributed by atoms with Gasteiger partial charge in [-0.15, -0.1) is 0 Å². The molecule has 0 spiro atoms. The number of rotatable bonds is 4. The Bertz CT molecular complexity index is 603. The van der Waals surface area contributed by atoms with E-state index in [1.807, 2.05) is 30.3 Å². The van der Waals surface area contributed by atoms with Crippen molar-refractivity contribution in [2.45, 2.75) is 6.61 Å². The second kappa shape index (κ2) is 5.87. The van der Waals surface area contributed by atoms with Crippen LogP contribution in [0, 0.1) is 17.1 Å². The van der Waals surface area contributed by atoms with Gasteiger partial charge in [0.25, 0.3) is 0 Å². The Kier molecular flexibility index (Phi) is 3.99. The fourth-order valence-corrected chi connectivity index (χ4v) is 1.60. The number of nitriles is 1. The van der Waals surface area contributed by atoms with Gasteiger partial charge < -0.3 is 9.47 Å². The van der Waals surface area contributed by atoms with E-state index in [0.717, 1.165) is 17.4 Å². The third kappa shape index (κ3) is 3.23. The smallest absolute Gasteiger partial charge is 0.137 e. The Morgan fingerprint density at radius 1 is 1.16 bits per heavy atom. The Morgan fingerprint density at radius 3 is 2.53 bits per heavy atom. The van der Waals surface area contributed by atoms with Gasteiger partial charge in [-0.25, -0.2) is 4.39 Å². The maximum Gasteiger partial charge on any atom is 0.137 e. The molecule has 4 heteroatoms. The number of nitrogens with zero attached hydrogens (tertiary/aromatic N) is 1. The predicted molar refractivity (Wildman–Crippen MR) is 68.4 cm³/mol. The van der Waals surface area contributed by atoms with Crippen LogP contribution >= 0.6 is 0 Å². The summed E-state index contributed by atoms with van der Waals surface area (Å²) in [5.41, 5.74) is 1.13. The molecule has 0 radical (unpaired) electrons. The molecule has 2 rings (SSSR count). The first-order valence-electron chi connectivity index (χ1n) is 5.68. The molecule has 0 aliphatic heterocycles. The van der Waals surface area contributed by atoms with Crippen LogP contribution in [0.4, 0.5) is 4.39 Å². The van der Waals surface area contributed by atoms with Gasteiger partial charge in [0.2, 0.25) is 0 Å². The van der Waals surface area contributed by atoms with E-state index in [1.165, 1.54) is 12.1 Å². The Balaban J connectivity index is 2.08. The predicted octanol–water partition coefficient (Wildman–Crippen LogP) is 3.28. The van der Waals surface area contributed by atoms with Crippen LogP contribution in [0.5, 0.6) is 11.5 Å². The van der Waals surface area contributed by atoms with Crippen molar-refractivity contribution in [1.82, 2.24) is 0 Å². The van der Waals surface area contributed by atoms with E-state index < -0.39 is 5.82 Å². The molecular formula is C15H12FNO2. The van der Waals surface area contributed by atoms with Crippen molar-refractivity contribution in [2.24, 2.45) is 0 Å². The molecule has 19 heavy (non-hydrogen) atoms. The highest BCUT2D eigenvalue weighted by Crippen LogP contribution is 2.20. The number of ether oxygens (including phenoxy) is 2. The summed E-state index contributed by atoms with van der Waals surface area (Å²) in [6.45, 7) is 0.310. The molecule has 0 amide bonds. The van der Waals surface area contributed by atoms with E-state index in [4.69, 9.17) is 14.7 Å². The van der Waals surface area contributed by atoms with Crippen molar-refractivity contribution in [2.75, 3.05) is 7.11 Å². The molecule has 2 aromatic carbocycles. The highest BCUT2D eigenvalue weighted by molar-refractivity contribution is 5.43. The van der Waals surface area contributed by atoms with Gasteiger partial charge in [-0.3, -0.25) is 0 Å². The molecule has 0 unspecified atom stereocenters. The zero-order chi connectivity index (χ0) is 13.7. The quantitative estimate of drug-likeness (QED) is 0.844. The largest absolute Gasteiger partial charge is 0.497 e. The van der Waals surface area contributed by atoms with Crippen molar-refractivity contribution in [3.05, 3.63) is 59.4 Å². The maximum atomic E-state index is 13.0. The first kappa shape index (κ1) is 12.9. The molecule has 0 bridgehead atoms. The average molecular weight is 257 g/mol. The van der Waals surface area contributed by atoms with Gasteiger partial charge in [0.15, 0.2) is 0 Å². The molecule has 0 heterocycles. The SMILES string of the molecule is COc1ccc(COc2ccc(F)cc2C#N)cc1. The highest BCUT2D eigenvalue weighted by atomic mass is 19.1. The van der Waals surface area contributed by atoms with E-state index in [9.17, 15) is 4.39 Å². The monoisotopic (exact) mass is 257 g/mol. The highest BCUT2D eigenvalue weighted by Gasteiger charge is 2.05. The Hall–Kier alpha value is -2.54. The van der Waals surface area contributed by atoms with Crippen LogP contribution in [0.2, 0.25) is 0 Å². The molecule has 0 fully saturated rings. The summed E-state index contributed by atoms with van der Waals surface area (Å²) in [4.78, 5) is 0. The summed E-state index contributed by atoms with van der Waals surface area (Å²) in [6.07, 6.45) is 0. The van der Waals surface area contributed by atoms with Crippen LogP contribution in [0.3, 0.4) is 0 Å². The molecule has 0 aliphatic rings. The van der Waals surface area contributed by atoms with E-state index in [0.29, 0.717) is 12.4 Å². The summed E-state index contributed by atoms with van der Waals surface area (Å²) in [6, 6.07) is 13.2. The first-order chi connectivity index (χ1) is 9.22. The van der Waals surface area contributed by atoms with E-state index in [2.05, 4.69) is 0 Å². The fourth-order valence-electron chi connectivity index (χ4n) is 1.60. The summed E-state index contributed by atoms with van der Waals surface area (Å²) in [5, 5.41) is 8.90. The third-order valence-corrected chi connectivity index (χ3v) is 2.62. The molecule has 0 saturated carbocycles. The lowest BCUT2D eigenvalue weighted by molar-refractivity contribution is 0.304. The first-order valence-corrected chi connectivity index (χ1v) is 5.68. The molecule has 2 aromatic rings. The topological polar surface area (TPSA) is 42.2 Å². The number of hydrogen-bond acceptors (Lipinski definition) is 3. The minimum atomic E-state index is -0.451. The minimum Gasteiger partial charge on any atom is -0.497 e. The minimum absolute atomic E-state index is 0.188. The normalized spacial score (nSPS) is 9.74. The van der Waals surface area contributed by atoms with Crippen molar-refractivity contribution in [3.8, 4) is 17.6 Å².